The average Bonchev–Trinajstić information content (AvgIpc) is 2.61. The number of carbonyl (C=O) groups is 1. The molecule has 0 aliphatic carbocycles. The second-order valence-electron chi connectivity index (χ2n) is 7.16. The highest BCUT2D eigenvalue weighted by molar-refractivity contribution is 5.90. The van der Waals surface area contributed by atoms with Crippen LogP contribution in [0.1, 0.15) is 48.8 Å². The molecule has 2 N–H and O–H groups in total. The van der Waals surface area contributed by atoms with Crippen molar-refractivity contribution in [1.82, 2.24) is 4.98 Å². The molecule has 0 aliphatic heterocycles. The van der Waals surface area contributed by atoms with E-state index in [2.05, 4.69) is 45.0 Å². The van der Waals surface area contributed by atoms with Gasteiger partial charge in [-0.1, -0.05) is 43.7 Å². The summed E-state index contributed by atoms with van der Waals surface area (Å²) in [4.78, 5) is 16.7. The van der Waals surface area contributed by atoms with Crippen molar-refractivity contribution in [1.29, 1.82) is 0 Å². The fourth-order valence-electron chi connectivity index (χ4n) is 3.19. The molecule has 4 heteroatoms. The predicted octanol–water partition coefficient (Wildman–Crippen LogP) is 4.60. The molecule has 0 amide bonds. The lowest BCUT2D eigenvalue weighted by atomic mass is 9.89. The zero-order valence-corrected chi connectivity index (χ0v) is 17.0. The first-order chi connectivity index (χ1) is 12.9. The first-order valence-electron chi connectivity index (χ1n) is 9.51. The van der Waals surface area contributed by atoms with Gasteiger partial charge in [0.15, 0.2) is 0 Å². The topological polar surface area (TPSA) is 65.2 Å². The van der Waals surface area contributed by atoms with Crippen LogP contribution in [0.2, 0.25) is 0 Å². The van der Waals surface area contributed by atoms with Gasteiger partial charge in [-0.25, -0.2) is 4.79 Å². The van der Waals surface area contributed by atoms with E-state index in [1.807, 2.05) is 6.92 Å². The lowest BCUT2D eigenvalue weighted by Gasteiger charge is -2.19. The van der Waals surface area contributed by atoms with Crippen molar-refractivity contribution in [2.75, 3.05) is 6.61 Å². The van der Waals surface area contributed by atoms with Crippen LogP contribution in [0.3, 0.4) is 0 Å². The Morgan fingerprint density at radius 2 is 1.89 bits per heavy atom. The van der Waals surface area contributed by atoms with Crippen molar-refractivity contribution >= 4 is 12.0 Å². The number of pyridine rings is 1. The molecule has 27 heavy (non-hydrogen) atoms. The molecule has 0 spiro atoms. The van der Waals surface area contributed by atoms with E-state index in [-0.39, 0.29) is 5.97 Å². The van der Waals surface area contributed by atoms with E-state index >= 15 is 0 Å². The monoisotopic (exact) mass is 366 g/mol. The normalized spacial score (nSPS) is 11.4. The molecule has 0 bridgehead atoms. The maximum atomic E-state index is 11.8. The highest BCUT2D eigenvalue weighted by atomic mass is 16.5. The Balaban J connectivity index is 2.70. The molecule has 0 saturated carbocycles. The number of nitrogens with zero attached hydrogens (tertiary/aromatic N) is 1. The summed E-state index contributed by atoms with van der Waals surface area (Å²) in [5, 5.41) is 0. The Bertz CT molecular complexity index is 821. The number of rotatable bonds is 7. The van der Waals surface area contributed by atoms with Crippen LogP contribution in [-0.4, -0.2) is 17.6 Å². The van der Waals surface area contributed by atoms with Crippen LogP contribution in [0, 0.1) is 19.8 Å². The standard InChI is InChI=1S/C23H30N2O2/c1-6-27-22(26)12-11-19-17(5)25-21(13-15(2)3)20(14-24)23(19)18-9-7-16(4)8-10-18/h7-12,15H,6,13-14,24H2,1-5H3/b12-11+. The third kappa shape index (κ3) is 5.27. The fourth-order valence-corrected chi connectivity index (χ4v) is 3.19. The minimum absolute atomic E-state index is 0.354. The summed E-state index contributed by atoms with van der Waals surface area (Å²) >= 11 is 0. The van der Waals surface area contributed by atoms with Crippen molar-refractivity contribution in [3.05, 3.63) is 58.4 Å². The molecule has 0 atom stereocenters. The summed E-state index contributed by atoms with van der Waals surface area (Å²) in [5.74, 6) is 0.126. The number of ether oxygens (including phenoxy) is 1. The first kappa shape index (κ1) is 20.8. The SMILES string of the molecule is CCOC(=O)/C=C/c1c(C)nc(CC(C)C)c(CN)c1-c1ccc(C)cc1. The lowest BCUT2D eigenvalue weighted by molar-refractivity contribution is -0.137. The molecule has 1 aromatic carbocycles. The van der Waals surface area contributed by atoms with Crippen molar-refractivity contribution in [2.45, 2.75) is 47.6 Å². The zero-order chi connectivity index (χ0) is 20.0. The van der Waals surface area contributed by atoms with Gasteiger partial charge >= 0.3 is 5.97 Å². The van der Waals surface area contributed by atoms with E-state index in [1.165, 1.54) is 11.6 Å². The quantitative estimate of drug-likeness (QED) is 0.574. The Morgan fingerprint density at radius 1 is 1.22 bits per heavy atom. The third-order valence-electron chi connectivity index (χ3n) is 4.43. The Hall–Kier alpha value is -2.46. The summed E-state index contributed by atoms with van der Waals surface area (Å²) in [6.45, 7) is 11.0. The molecule has 2 rings (SSSR count). The van der Waals surface area contributed by atoms with Gasteiger partial charge in [0.2, 0.25) is 0 Å². The highest BCUT2D eigenvalue weighted by Crippen LogP contribution is 2.33. The van der Waals surface area contributed by atoms with E-state index in [0.29, 0.717) is 19.1 Å². The van der Waals surface area contributed by atoms with Crippen LogP contribution in [0.4, 0.5) is 0 Å². The molecule has 2 aromatic rings. The van der Waals surface area contributed by atoms with Crippen molar-refractivity contribution in [2.24, 2.45) is 11.7 Å². The third-order valence-corrected chi connectivity index (χ3v) is 4.43. The molecule has 0 radical (unpaired) electrons. The first-order valence-corrected chi connectivity index (χ1v) is 9.51. The Labute approximate surface area is 162 Å². The van der Waals surface area contributed by atoms with Gasteiger partial charge in [-0.2, -0.15) is 0 Å². The number of nitrogens with two attached hydrogens (primary N) is 1. The molecule has 1 heterocycles. The second-order valence-corrected chi connectivity index (χ2v) is 7.16. The van der Waals surface area contributed by atoms with Gasteiger partial charge in [0.1, 0.15) is 0 Å². The van der Waals surface area contributed by atoms with Crippen LogP contribution in [0.15, 0.2) is 30.3 Å². The molecule has 0 aliphatic rings. The predicted molar refractivity (Wildman–Crippen MR) is 111 cm³/mol. The molecular formula is C23H30N2O2. The van der Waals surface area contributed by atoms with Crippen LogP contribution in [0.5, 0.6) is 0 Å². The van der Waals surface area contributed by atoms with Gasteiger partial charge in [0.25, 0.3) is 0 Å². The maximum Gasteiger partial charge on any atom is 0.330 e. The maximum absolute atomic E-state index is 11.8. The van der Waals surface area contributed by atoms with E-state index < -0.39 is 0 Å². The van der Waals surface area contributed by atoms with Gasteiger partial charge < -0.3 is 10.5 Å². The van der Waals surface area contributed by atoms with E-state index in [9.17, 15) is 4.79 Å². The molecular weight excluding hydrogens is 336 g/mol. The number of esters is 1. The number of aryl methyl sites for hydroxylation is 2. The van der Waals surface area contributed by atoms with Crippen molar-refractivity contribution in [3.63, 3.8) is 0 Å². The van der Waals surface area contributed by atoms with Gasteiger partial charge in [0.05, 0.1) is 6.61 Å². The van der Waals surface area contributed by atoms with E-state index in [1.54, 1.807) is 13.0 Å². The van der Waals surface area contributed by atoms with E-state index in [0.717, 1.165) is 40.1 Å². The van der Waals surface area contributed by atoms with Crippen LogP contribution >= 0.6 is 0 Å². The average molecular weight is 367 g/mol. The van der Waals surface area contributed by atoms with Crippen LogP contribution < -0.4 is 5.73 Å². The van der Waals surface area contributed by atoms with Crippen molar-refractivity contribution < 1.29 is 9.53 Å². The lowest BCUT2D eigenvalue weighted by Crippen LogP contribution is -2.12. The summed E-state index contributed by atoms with van der Waals surface area (Å²) < 4.78 is 5.03. The van der Waals surface area contributed by atoms with E-state index in [4.69, 9.17) is 15.5 Å². The smallest absolute Gasteiger partial charge is 0.330 e. The summed E-state index contributed by atoms with van der Waals surface area (Å²) in [6, 6.07) is 8.38. The molecule has 0 saturated heterocycles. The molecule has 4 nitrogen and oxygen atoms in total. The summed E-state index contributed by atoms with van der Waals surface area (Å²) in [5.41, 5.74) is 13.4. The molecule has 144 valence electrons. The fraction of sp³-hybridized carbons (Fsp3) is 0.391. The minimum atomic E-state index is -0.354. The summed E-state index contributed by atoms with van der Waals surface area (Å²) in [7, 11) is 0. The minimum Gasteiger partial charge on any atom is -0.463 e. The summed E-state index contributed by atoms with van der Waals surface area (Å²) in [6.07, 6.45) is 4.13. The largest absolute Gasteiger partial charge is 0.463 e. The van der Waals surface area contributed by atoms with Gasteiger partial charge in [-0.05, 0) is 55.9 Å². The molecule has 1 aromatic heterocycles. The zero-order valence-electron chi connectivity index (χ0n) is 17.0. The number of carbonyl (C=O) groups excluding carboxylic acids is 1. The van der Waals surface area contributed by atoms with Crippen LogP contribution in [-0.2, 0) is 22.5 Å². The number of hydrogen-bond donors (Lipinski definition) is 1. The second kappa shape index (κ2) is 9.47. The number of aromatic nitrogens is 1. The molecule has 0 fully saturated rings. The van der Waals surface area contributed by atoms with Gasteiger partial charge in [-0.15, -0.1) is 0 Å². The Kier molecular flexibility index (Phi) is 7.31. The van der Waals surface area contributed by atoms with Crippen molar-refractivity contribution in [3.8, 4) is 11.1 Å². The Morgan fingerprint density at radius 3 is 2.44 bits per heavy atom. The number of hydrogen-bond acceptors (Lipinski definition) is 4. The van der Waals surface area contributed by atoms with Gasteiger partial charge in [0, 0.05) is 29.6 Å². The molecule has 0 unspecified atom stereocenters. The highest BCUT2D eigenvalue weighted by Gasteiger charge is 2.18. The van der Waals surface area contributed by atoms with Crippen LogP contribution in [0.25, 0.3) is 17.2 Å². The van der Waals surface area contributed by atoms with Gasteiger partial charge in [-0.3, -0.25) is 4.98 Å². The number of benzene rings is 1.